The van der Waals surface area contributed by atoms with Gasteiger partial charge >= 0.3 is 0 Å². The number of ether oxygens (including phenoxy) is 2. The maximum atomic E-state index is 5.48. The first-order chi connectivity index (χ1) is 13.2. The number of aromatic nitrogens is 2. The lowest BCUT2D eigenvalue weighted by Crippen LogP contribution is -2.03. The molecule has 0 amide bonds. The van der Waals surface area contributed by atoms with Crippen molar-refractivity contribution >= 4 is 11.0 Å². The zero-order valence-corrected chi connectivity index (χ0v) is 15.8. The van der Waals surface area contributed by atoms with Gasteiger partial charge in [0.25, 0.3) is 0 Å². The van der Waals surface area contributed by atoms with Crippen molar-refractivity contribution in [3.63, 3.8) is 0 Å². The van der Waals surface area contributed by atoms with Crippen LogP contribution in [0, 0.1) is 6.92 Å². The summed E-state index contributed by atoms with van der Waals surface area (Å²) < 4.78 is 13.1. The summed E-state index contributed by atoms with van der Waals surface area (Å²) >= 11 is 0. The molecule has 136 valence electrons. The maximum absolute atomic E-state index is 5.48. The lowest BCUT2D eigenvalue weighted by molar-refractivity contribution is 0.355. The second-order valence-corrected chi connectivity index (χ2v) is 6.57. The van der Waals surface area contributed by atoms with Crippen LogP contribution in [0.1, 0.15) is 11.1 Å². The lowest BCUT2D eigenvalue weighted by Gasteiger charge is -2.12. The molecule has 0 spiro atoms. The molecule has 0 aliphatic rings. The highest BCUT2D eigenvalue weighted by Crippen LogP contribution is 2.33. The fourth-order valence-corrected chi connectivity index (χ4v) is 3.42. The van der Waals surface area contributed by atoms with Crippen molar-refractivity contribution in [2.45, 2.75) is 13.5 Å². The van der Waals surface area contributed by atoms with E-state index in [9.17, 15) is 0 Å². The number of benzene rings is 3. The topological polar surface area (TPSA) is 36.3 Å². The molecule has 3 aromatic carbocycles. The van der Waals surface area contributed by atoms with Gasteiger partial charge in [-0.15, -0.1) is 0 Å². The third-order valence-corrected chi connectivity index (χ3v) is 4.72. The minimum atomic E-state index is 0.698. The largest absolute Gasteiger partial charge is 0.493 e. The Hall–Kier alpha value is -3.27. The Kier molecular flexibility index (Phi) is 4.55. The number of aryl methyl sites for hydroxylation is 1. The Morgan fingerprint density at radius 3 is 2.44 bits per heavy atom. The van der Waals surface area contributed by atoms with Crippen molar-refractivity contribution in [2.24, 2.45) is 0 Å². The molecule has 1 heterocycles. The number of methoxy groups -OCH3 is 2. The van der Waals surface area contributed by atoms with Gasteiger partial charge in [0.2, 0.25) is 0 Å². The molecule has 4 heteroatoms. The van der Waals surface area contributed by atoms with Gasteiger partial charge in [0.05, 0.1) is 25.3 Å². The standard InChI is InChI=1S/C23H22N2O2/c1-16-7-6-8-17(13-16)15-25-20-10-5-4-9-19(20)24-23(25)18-11-12-21(26-2)22(14-18)27-3/h4-14H,15H2,1-3H3. The lowest BCUT2D eigenvalue weighted by atomic mass is 10.1. The number of nitrogens with zero attached hydrogens (tertiary/aromatic N) is 2. The van der Waals surface area contributed by atoms with E-state index in [1.165, 1.54) is 11.1 Å². The number of para-hydroxylation sites is 2. The summed E-state index contributed by atoms with van der Waals surface area (Å²) in [6.07, 6.45) is 0. The summed E-state index contributed by atoms with van der Waals surface area (Å²) in [5.41, 5.74) is 5.60. The molecule has 0 aliphatic carbocycles. The van der Waals surface area contributed by atoms with Gasteiger partial charge in [0.1, 0.15) is 5.82 Å². The average molecular weight is 358 g/mol. The maximum Gasteiger partial charge on any atom is 0.161 e. The minimum Gasteiger partial charge on any atom is -0.493 e. The van der Waals surface area contributed by atoms with E-state index in [1.54, 1.807) is 14.2 Å². The van der Waals surface area contributed by atoms with E-state index in [1.807, 2.05) is 30.3 Å². The summed E-state index contributed by atoms with van der Waals surface area (Å²) in [6.45, 7) is 2.87. The molecule has 4 nitrogen and oxygen atoms in total. The average Bonchev–Trinajstić information content (AvgIpc) is 3.06. The Labute approximate surface area is 159 Å². The number of hydrogen-bond acceptors (Lipinski definition) is 3. The van der Waals surface area contributed by atoms with E-state index in [4.69, 9.17) is 14.5 Å². The van der Waals surface area contributed by atoms with Crippen LogP contribution in [0.25, 0.3) is 22.4 Å². The summed E-state index contributed by atoms with van der Waals surface area (Å²) in [7, 11) is 3.29. The Morgan fingerprint density at radius 2 is 1.67 bits per heavy atom. The summed E-state index contributed by atoms with van der Waals surface area (Å²) in [6, 6.07) is 22.7. The molecule has 0 radical (unpaired) electrons. The molecule has 4 rings (SSSR count). The molecule has 4 aromatic rings. The van der Waals surface area contributed by atoms with Crippen LogP contribution in [0.3, 0.4) is 0 Å². The quantitative estimate of drug-likeness (QED) is 0.499. The fraction of sp³-hybridized carbons (Fsp3) is 0.174. The van der Waals surface area contributed by atoms with Crippen molar-refractivity contribution in [3.05, 3.63) is 77.9 Å². The van der Waals surface area contributed by atoms with Crippen LogP contribution in [0.15, 0.2) is 66.7 Å². The first kappa shape index (κ1) is 17.2. The van der Waals surface area contributed by atoms with Gasteiger partial charge in [-0.1, -0.05) is 42.0 Å². The van der Waals surface area contributed by atoms with Gasteiger partial charge < -0.3 is 14.0 Å². The van der Waals surface area contributed by atoms with Crippen LogP contribution in [-0.2, 0) is 6.54 Å². The van der Waals surface area contributed by atoms with Crippen LogP contribution < -0.4 is 9.47 Å². The van der Waals surface area contributed by atoms with Crippen molar-refractivity contribution in [1.82, 2.24) is 9.55 Å². The molecule has 1 aromatic heterocycles. The normalized spacial score (nSPS) is 10.9. The highest BCUT2D eigenvalue weighted by atomic mass is 16.5. The fourth-order valence-electron chi connectivity index (χ4n) is 3.42. The zero-order valence-electron chi connectivity index (χ0n) is 15.8. The van der Waals surface area contributed by atoms with Gasteiger partial charge in [-0.05, 0) is 42.8 Å². The van der Waals surface area contributed by atoms with E-state index in [0.717, 1.165) is 29.0 Å². The molecule has 0 fully saturated rings. The van der Waals surface area contributed by atoms with Crippen LogP contribution in [-0.4, -0.2) is 23.8 Å². The van der Waals surface area contributed by atoms with Crippen molar-refractivity contribution < 1.29 is 9.47 Å². The van der Waals surface area contributed by atoms with Crippen LogP contribution >= 0.6 is 0 Å². The number of rotatable bonds is 5. The highest BCUT2D eigenvalue weighted by Gasteiger charge is 2.15. The molecule has 27 heavy (non-hydrogen) atoms. The Bertz CT molecular complexity index is 1100. The molecular formula is C23H22N2O2. The van der Waals surface area contributed by atoms with E-state index < -0.39 is 0 Å². The molecule has 0 bridgehead atoms. The number of hydrogen-bond donors (Lipinski definition) is 0. The molecule has 0 atom stereocenters. The van der Waals surface area contributed by atoms with Crippen LogP contribution in [0.2, 0.25) is 0 Å². The second-order valence-electron chi connectivity index (χ2n) is 6.57. The predicted molar refractivity (Wildman–Crippen MR) is 109 cm³/mol. The molecule has 0 saturated heterocycles. The Balaban J connectivity index is 1.88. The van der Waals surface area contributed by atoms with Gasteiger partial charge in [-0.3, -0.25) is 0 Å². The smallest absolute Gasteiger partial charge is 0.161 e. The highest BCUT2D eigenvalue weighted by molar-refractivity contribution is 5.81. The molecule has 0 N–H and O–H groups in total. The van der Waals surface area contributed by atoms with Crippen molar-refractivity contribution in [2.75, 3.05) is 14.2 Å². The Morgan fingerprint density at radius 1 is 0.852 bits per heavy atom. The third-order valence-electron chi connectivity index (χ3n) is 4.72. The number of imidazole rings is 1. The van der Waals surface area contributed by atoms with Gasteiger partial charge in [-0.2, -0.15) is 0 Å². The SMILES string of the molecule is COc1ccc(-c2nc3ccccc3n2Cc2cccc(C)c2)cc1OC. The monoisotopic (exact) mass is 358 g/mol. The molecule has 0 unspecified atom stereocenters. The first-order valence-electron chi connectivity index (χ1n) is 8.93. The van der Waals surface area contributed by atoms with Crippen LogP contribution in [0.5, 0.6) is 11.5 Å². The molecule has 0 saturated carbocycles. The first-order valence-corrected chi connectivity index (χ1v) is 8.93. The van der Waals surface area contributed by atoms with E-state index in [0.29, 0.717) is 11.5 Å². The van der Waals surface area contributed by atoms with Crippen molar-refractivity contribution in [3.8, 4) is 22.9 Å². The van der Waals surface area contributed by atoms with E-state index >= 15 is 0 Å². The van der Waals surface area contributed by atoms with Gasteiger partial charge in [0, 0.05) is 12.1 Å². The molecule has 0 aliphatic heterocycles. The van der Waals surface area contributed by atoms with Gasteiger partial charge in [-0.25, -0.2) is 4.98 Å². The molecular weight excluding hydrogens is 336 g/mol. The number of fused-ring (bicyclic) bond motifs is 1. The van der Waals surface area contributed by atoms with E-state index in [2.05, 4.69) is 47.9 Å². The minimum absolute atomic E-state index is 0.698. The van der Waals surface area contributed by atoms with Gasteiger partial charge in [0.15, 0.2) is 11.5 Å². The summed E-state index contributed by atoms with van der Waals surface area (Å²) in [4.78, 5) is 4.90. The van der Waals surface area contributed by atoms with E-state index in [-0.39, 0.29) is 0 Å². The third kappa shape index (κ3) is 3.26. The zero-order chi connectivity index (χ0) is 18.8. The predicted octanol–water partition coefficient (Wildman–Crippen LogP) is 5.08. The second kappa shape index (κ2) is 7.16. The summed E-state index contributed by atoms with van der Waals surface area (Å²) in [5, 5.41) is 0. The van der Waals surface area contributed by atoms with Crippen LogP contribution in [0.4, 0.5) is 0 Å². The van der Waals surface area contributed by atoms with Crippen molar-refractivity contribution in [1.29, 1.82) is 0 Å². The summed E-state index contributed by atoms with van der Waals surface area (Å²) in [5.74, 6) is 2.32.